The fourth-order valence-electron chi connectivity index (χ4n) is 4.17. The van der Waals surface area contributed by atoms with Crippen LogP contribution in [0, 0.1) is 5.92 Å². The van der Waals surface area contributed by atoms with Crippen LogP contribution in [-0.2, 0) is 17.9 Å². The predicted molar refractivity (Wildman–Crippen MR) is 121 cm³/mol. The number of hydrogen-bond donors (Lipinski definition) is 1. The van der Waals surface area contributed by atoms with Gasteiger partial charge in [-0.2, -0.15) is 0 Å². The molecule has 0 bridgehead atoms. The lowest BCUT2D eigenvalue weighted by Crippen LogP contribution is -2.43. The molecule has 31 heavy (non-hydrogen) atoms. The molecule has 0 unspecified atom stereocenters. The van der Waals surface area contributed by atoms with Gasteiger partial charge in [-0.15, -0.1) is 0 Å². The maximum Gasteiger partial charge on any atom is 0.293 e. The first kappa shape index (κ1) is 20.9. The summed E-state index contributed by atoms with van der Waals surface area (Å²) in [7, 11) is 1.63. The van der Waals surface area contributed by atoms with E-state index in [1.54, 1.807) is 11.7 Å². The summed E-state index contributed by atoms with van der Waals surface area (Å²) >= 11 is 0. The highest BCUT2D eigenvalue weighted by Crippen LogP contribution is 2.22. The molecule has 3 aromatic rings. The Labute approximate surface area is 181 Å². The van der Waals surface area contributed by atoms with Crippen molar-refractivity contribution < 1.29 is 9.53 Å². The molecular formula is C24H28N4O3. The summed E-state index contributed by atoms with van der Waals surface area (Å²) in [6.07, 6.45) is 1.40. The number of rotatable bonds is 6. The molecule has 2 heterocycles. The van der Waals surface area contributed by atoms with Crippen LogP contribution in [0.25, 0.3) is 11.0 Å². The van der Waals surface area contributed by atoms with E-state index in [-0.39, 0.29) is 17.4 Å². The number of amides is 1. The van der Waals surface area contributed by atoms with Crippen LogP contribution in [-0.4, -0.2) is 35.7 Å². The number of nitrogens with zero attached hydrogens (tertiary/aromatic N) is 3. The molecule has 0 saturated carbocycles. The van der Waals surface area contributed by atoms with Gasteiger partial charge >= 0.3 is 0 Å². The third-order valence-corrected chi connectivity index (χ3v) is 5.92. The highest BCUT2D eigenvalue weighted by atomic mass is 16.5. The number of benzene rings is 2. The average Bonchev–Trinajstić information content (AvgIpc) is 2.82. The third-order valence-electron chi connectivity index (χ3n) is 5.92. The number of methoxy groups -OCH3 is 1. The van der Waals surface area contributed by atoms with Gasteiger partial charge in [0.25, 0.3) is 5.56 Å². The zero-order valence-corrected chi connectivity index (χ0v) is 18.0. The second-order valence-corrected chi connectivity index (χ2v) is 7.80. The molecule has 1 fully saturated rings. The van der Waals surface area contributed by atoms with Gasteiger partial charge in [0.15, 0.2) is 5.82 Å². The van der Waals surface area contributed by atoms with Crippen LogP contribution in [0.15, 0.2) is 53.3 Å². The van der Waals surface area contributed by atoms with Gasteiger partial charge in [0.05, 0.1) is 18.1 Å². The molecule has 4 rings (SSSR count). The number of anilines is 1. The molecule has 7 heteroatoms. The Balaban J connectivity index is 1.41. The van der Waals surface area contributed by atoms with Gasteiger partial charge in [0.1, 0.15) is 5.75 Å². The van der Waals surface area contributed by atoms with Gasteiger partial charge in [-0.25, -0.2) is 4.98 Å². The predicted octanol–water partition coefficient (Wildman–Crippen LogP) is 2.96. The van der Waals surface area contributed by atoms with E-state index in [9.17, 15) is 9.59 Å². The van der Waals surface area contributed by atoms with E-state index >= 15 is 0 Å². The number of aromatic nitrogens is 2. The van der Waals surface area contributed by atoms with Crippen LogP contribution in [0.2, 0.25) is 0 Å². The fourth-order valence-corrected chi connectivity index (χ4v) is 4.17. The summed E-state index contributed by atoms with van der Waals surface area (Å²) < 4.78 is 7.00. The summed E-state index contributed by atoms with van der Waals surface area (Å²) in [6, 6.07) is 15.4. The van der Waals surface area contributed by atoms with Crippen molar-refractivity contribution in [3.05, 3.63) is 64.4 Å². The number of carbonyl (C=O) groups excluding carboxylic acids is 1. The van der Waals surface area contributed by atoms with Crippen molar-refractivity contribution in [3.63, 3.8) is 0 Å². The van der Waals surface area contributed by atoms with Crippen molar-refractivity contribution in [2.24, 2.45) is 5.92 Å². The zero-order valence-electron chi connectivity index (χ0n) is 18.0. The van der Waals surface area contributed by atoms with Crippen molar-refractivity contribution in [1.29, 1.82) is 0 Å². The molecule has 0 radical (unpaired) electrons. The Kier molecular flexibility index (Phi) is 6.21. The van der Waals surface area contributed by atoms with E-state index in [1.807, 2.05) is 60.4 Å². The normalized spacial score (nSPS) is 14.6. The van der Waals surface area contributed by atoms with Crippen molar-refractivity contribution in [2.45, 2.75) is 32.9 Å². The molecule has 162 valence electrons. The number of piperidine rings is 1. The minimum atomic E-state index is -0.0675. The van der Waals surface area contributed by atoms with Crippen LogP contribution in [0.1, 0.15) is 25.3 Å². The molecule has 1 N–H and O–H groups in total. The lowest BCUT2D eigenvalue weighted by molar-refractivity contribution is -0.125. The monoisotopic (exact) mass is 420 g/mol. The lowest BCUT2D eigenvalue weighted by Gasteiger charge is -2.32. The Hall–Kier alpha value is -3.35. The molecule has 0 spiro atoms. The molecule has 2 aromatic carbocycles. The van der Waals surface area contributed by atoms with Crippen LogP contribution >= 0.6 is 0 Å². The van der Waals surface area contributed by atoms with Gasteiger partial charge in [0.2, 0.25) is 5.91 Å². The standard InChI is InChI=1S/C24H28N4O3/c1-3-28-21-10-5-4-9-20(21)26-22(24(28)30)27-13-11-18(12-14-27)23(29)25-16-17-7-6-8-19(15-17)31-2/h4-10,15,18H,3,11-14,16H2,1-2H3,(H,25,29). The molecule has 1 aromatic heterocycles. The van der Waals surface area contributed by atoms with E-state index in [0.29, 0.717) is 44.8 Å². The number of aryl methyl sites for hydroxylation is 1. The maximum atomic E-state index is 13.0. The molecule has 1 saturated heterocycles. The summed E-state index contributed by atoms with van der Waals surface area (Å²) in [6.45, 7) is 4.32. The van der Waals surface area contributed by atoms with Gasteiger partial charge in [-0.1, -0.05) is 24.3 Å². The number of ether oxygens (including phenoxy) is 1. The minimum Gasteiger partial charge on any atom is -0.497 e. The van der Waals surface area contributed by atoms with E-state index in [0.717, 1.165) is 22.3 Å². The Bertz CT molecular complexity index is 1130. The Morgan fingerprint density at radius 3 is 2.68 bits per heavy atom. The quantitative estimate of drug-likeness (QED) is 0.664. The van der Waals surface area contributed by atoms with Crippen LogP contribution in [0.3, 0.4) is 0 Å². The second kappa shape index (κ2) is 9.20. The van der Waals surface area contributed by atoms with Crippen LogP contribution in [0.5, 0.6) is 5.75 Å². The molecule has 0 aliphatic carbocycles. The van der Waals surface area contributed by atoms with E-state index in [1.165, 1.54) is 0 Å². The minimum absolute atomic E-state index is 0.0555. The molecule has 7 nitrogen and oxygen atoms in total. The van der Waals surface area contributed by atoms with Gasteiger partial charge in [-0.3, -0.25) is 9.59 Å². The fraction of sp³-hybridized carbons (Fsp3) is 0.375. The zero-order chi connectivity index (χ0) is 21.8. The van der Waals surface area contributed by atoms with Crippen LogP contribution < -0.4 is 20.5 Å². The molecular weight excluding hydrogens is 392 g/mol. The summed E-state index contributed by atoms with van der Waals surface area (Å²) in [4.78, 5) is 32.3. The largest absolute Gasteiger partial charge is 0.497 e. The summed E-state index contributed by atoms with van der Waals surface area (Å²) in [5.74, 6) is 1.26. The number of fused-ring (bicyclic) bond motifs is 1. The van der Waals surface area contributed by atoms with Gasteiger partial charge in [-0.05, 0) is 49.6 Å². The maximum absolute atomic E-state index is 13.0. The highest BCUT2D eigenvalue weighted by molar-refractivity contribution is 5.79. The summed E-state index contributed by atoms with van der Waals surface area (Å²) in [5.41, 5.74) is 2.61. The van der Waals surface area contributed by atoms with Gasteiger partial charge in [0, 0.05) is 32.1 Å². The number of hydrogen-bond acceptors (Lipinski definition) is 5. The second-order valence-electron chi connectivity index (χ2n) is 7.80. The van der Waals surface area contributed by atoms with Crippen molar-refractivity contribution >= 4 is 22.8 Å². The molecule has 1 aliphatic heterocycles. The van der Waals surface area contributed by atoms with Crippen molar-refractivity contribution in [3.8, 4) is 5.75 Å². The first-order valence-electron chi connectivity index (χ1n) is 10.8. The SMILES string of the molecule is CCn1c(=O)c(N2CCC(C(=O)NCc3cccc(OC)c3)CC2)nc2ccccc21. The number of nitrogens with one attached hydrogen (secondary N) is 1. The first-order chi connectivity index (χ1) is 15.1. The topological polar surface area (TPSA) is 76.5 Å². The Morgan fingerprint density at radius 1 is 1.16 bits per heavy atom. The third kappa shape index (κ3) is 4.40. The van der Waals surface area contributed by atoms with Crippen molar-refractivity contribution in [1.82, 2.24) is 14.9 Å². The van der Waals surface area contributed by atoms with E-state index < -0.39 is 0 Å². The highest BCUT2D eigenvalue weighted by Gasteiger charge is 2.27. The molecule has 1 aliphatic rings. The first-order valence-corrected chi connectivity index (χ1v) is 10.8. The van der Waals surface area contributed by atoms with Crippen molar-refractivity contribution in [2.75, 3.05) is 25.1 Å². The smallest absolute Gasteiger partial charge is 0.293 e. The number of carbonyl (C=O) groups is 1. The lowest BCUT2D eigenvalue weighted by atomic mass is 9.96. The van der Waals surface area contributed by atoms with E-state index in [4.69, 9.17) is 4.74 Å². The summed E-state index contributed by atoms with van der Waals surface area (Å²) in [5, 5.41) is 3.03. The van der Waals surface area contributed by atoms with Crippen LogP contribution in [0.4, 0.5) is 5.82 Å². The molecule has 1 amide bonds. The van der Waals surface area contributed by atoms with Gasteiger partial charge < -0.3 is 19.5 Å². The number of para-hydroxylation sites is 2. The Morgan fingerprint density at radius 2 is 1.94 bits per heavy atom. The molecule has 0 atom stereocenters. The average molecular weight is 421 g/mol. The van der Waals surface area contributed by atoms with E-state index in [2.05, 4.69) is 10.3 Å².